The summed E-state index contributed by atoms with van der Waals surface area (Å²) in [6, 6.07) is -4.24. The van der Waals surface area contributed by atoms with Crippen LogP contribution in [0.15, 0.2) is 5.83 Å². The molecule has 0 amide bonds. The van der Waals surface area contributed by atoms with Crippen molar-refractivity contribution in [1.29, 1.82) is 0 Å². The van der Waals surface area contributed by atoms with Crippen LogP contribution in [0, 0.1) is 0 Å². The van der Waals surface area contributed by atoms with E-state index in [0.717, 1.165) is 13.8 Å². The van der Waals surface area contributed by atoms with Gasteiger partial charge in [-0.25, -0.2) is 4.39 Å². The molecule has 158 valence electrons. The van der Waals surface area contributed by atoms with E-state index in [1.165, 1.54) is 0 Å². The molecule has 1 aromatic heterocycles. The zero-order valence-corrected chi connectivity index (χ0v) is 14.8. The van der Waals surface area contributed by atoms with Crippen molar-refractivity contribution < 1.29 is 35.8 Å². The first-order valence-corrected chi connectivity index (χ1v) is 8.28. The van der Waals surface area contributed by atoms with Crippen LogP contribution in [0.25, 0.3) is 5.57 Å². The van der Waals surface area contributed by atoms with Crippen molar-refractivity contribution in [3.8, 4) is 0 Å². The average Bonchev–Trinajstić information content (AvgIpc) is 2.55. The van der Waals surface area contributed by atoms with Crippen LogP contribution in [-0.2, 0) is 0 Å². The van der Waals surface area contributed by atoms with Gasteiger partial charge in [-0.3, -0.25) is 0 Å². The Labute approximate surface area is 155 Å². The van der Waals surface area contributed by atoms with Gasteiger partial charge in [0.2, 0.25) is 11.9 Å². The number of aliphatic hydroxyl groups is 1. The average molecular weight is 417 g/mol. The molecule has 3 atom stereocenters. The Morgan fingerprint density at radius 2 is 1.39 bits per heavy atom. The monoisotopic (exact) mass is 417 g/mol. The molecule has 0 radical (unpaired) electrons. The standard InChI is InChI=1S/C15H18F7N5O/c1-6(14(17,18)19)23-12-25-11(8-4-3-5-9(28)10(8)16)26-13(27-12)24-7(2)15(20,21)22/h6-7,9,28H,3-5H2,1-2H3,(H2,23,24,25,26,27)/t6-,7?,9?/m0/s1. The maximum absolute atomic E-state index is 14.2. The summed E-state index contributed by atoms with van der Waals surface area (Å²) in [5.41, 5.74) is -0.188. The number of anilines is 2. The number of rotatable bonds is 5. The van der Waals surface area contributed by atoms with Gasteiger partial charge in [0.05, 0.1) is 0 Å². The van der Waals surface area contributed by atoms with Crippen LogP contribution in [0.4, 0.5) is 42.6 Å². The zero-order chi connectivity index (χ0) is 21.3. The molecule has 2 rings (SSSR count). The number of aliphatic hydroxyl groups excluding tert-OH is 1. The maximum atomic E-state index is 14.2. The molecule has 6 nitrogen and oxygen atoms in total. The van der Waals surface area contributed by atoms with Gasteiger partial charge < -0.3 is 15.7 Å². The largest absolute Gasteiger partial charge is 0.408 e. The van der Waals surface area contributed by atoms with Gasteiger partial charge in [0.15, 0.2) is 5.82 Å². The molecule has 3 N–H and O–H groups in total. The predicted molar refractivity (Wildman–Crippen MR) is 86.0 cm³/mol. The number of halogens is 7. The Hall–Kier alpha value is -2.18. The predicted octanol–water partition coefficient (Wildman–Crippen LogP) is 3.82. The Balaban J connectivity index is 2.45. The van der Waals surface area contributed by atoms with E-state index in [2.05, 4.69) is 15.0 Å². The Morgan fingerprint density at radius 3 is 1.82 bits per heavy atom. The van der Waals surface area contributed by atoms with Gasteiger partial charge >= 0.3 is 12.4 Å². The van der Waals surface area contributed by atoms with Gasteiger partial charge in [-0.1, -0.05) is 0 Å². The molecule has 0 fully saturated rings. The number of allylic oxidation sites excluding steroid dienone is 1. The SMILES string of the molecule is CC(Nc1nc(N[C@@H](C)C(F)(F)F)nc(C2=C(F)C(O)CCC2)n1)C(F)(F)F. The summed E-state index contributed by atoms with van der Waals surface area (Å²) in [7, 11) is 0. The van der Waals surface area contributed by atoms with Gasteiger partial charge in [0.25, 0.3) is 0 Å². The van der Waals surface area contributed by atoms with Gasteiger partial charge in [0, 0.05) is 5.57 Å². The summed E-state index contributed by atoms with van der Waals surface area (Å²) in [6.07, 6.45) is -10.2. The van der Waals surface area contributed by atoms with Crippen LogP contribution < -0.4 is 10.6 Å². The molecule has 0 bridgehead atoms. The molecular weight excluding hydrogens is 399 g/mol. The second-order valence-corrected chi connectivity index (χ2v) is 6.36. The number of nitrogens with one attached hydrogen (secondary N) is 2. The highest BCUT2D eigenvalue weighted by Gasteiger charge is 2.38. The summed E-state index contributed by atoms with van der Waals surface area (Å²) in [5, 5.41) is 13.5. The molecule has 1 heterocycles. The lowest BCUT2D eigenvalue weighted by Gasteiger charge is -2.22. The molecule has 1 aliphatic rings. The Morgan fingerprint density at radius 1 is 0.929 bits per heavy atom. The summed E-state index contributed by atoms with van der Waals surface area (Å²) < 4.78 is 90.8. The second kappa shape index (κ2) is 8.05. The maximum Gasteiger partial charge on any atom is 0.408 e. The van der Waals surface area contributed by atoms with E-state index < -0.39 is 54.1 Å². The summed E-state index contributed by atoms with van der Waals surface area (Å²) in [6.45, 7) is 1.53. The van der Waals surface area contributed by atoms with Crippen molar-refractivity contribution in [2.75, 3.05) is 10.6 Å². The first-order valence-electron chi connectivity index (χ1n) is 8.28. The van der Waals surface area contributed by atoms with Gasteiger partial charge in [-0.2, -0.15) is 41.3 Å². The number of alkyl halides is 6. The minimum atomic E-state index is -4.68. The zero-order valence-electron chi connectivity index (χ0n) is 14.8. The highest BCUT2D eigenvalue weighted by molar-refractivity contribution is 5.65. The third-order valence-electron chi connectivity index (χ3n) is 4.06. The second-order valence-electron chi connectivity index (χ2n) is 6.36. The van der Waals surface area contributed by atoms with E-state index in [4.69, 9.17) is 0 Å². The smallest absolute Gasteiger partial charge is 0.386 e. The van der Waals surface area contributed by atoms with Crippen molar-refractivity contribution in [2.24, 2.45) is 0 Å². The molecule has 0 aromatic carbocycles. The fourth-order valence-electron chi connectivity index (χ4n) is 2.33. The lowest BCUT2D eigenvalue weighted by molar-refractivity contribution is -0.139. The van der Waals surface area contributed by atoms with Gasteiger partial charge in [0.1, 0.15) is 24.0 Å². The molecule has 0 saturated carbocycles. The highest BCUT2D eigenvalue weighted by atomic mass is 19.4. The number of hydrogen-bond donors (Lipinski definition) is 3. The van der Waals surface area contributed by atoms with E-state index in [9.17, 15) is 35.8 Å². The van der Waals surface area contributed by atoms with E-state index >= 15 is 0 Å². The van der Waals surface area contributed by atoms with Crippen LogP contribution in [0.3, 0.4) is 0 Å². The third-order valence-corrected chi connectivity index (χ3v) is 4.06. The highest BCUT2D eigenvalue weighted by Crippen LogP contribution is 2.33. The number of hydrogen-bond acceptors (Lipinski definition) is 6. The Bertz CT molecular complexity index is 694. The van der Waals surface area contributed by atoms with E-state index in [-0.39, 0.29) is 18.4 Å². The fourth-order valence-corrected chi connectivity index (χ4v) is 2.33. The molecule has 0 saturated heterocycles. The first kappa shape index (κ1) is 22.1. The molecule has 13 heteroatoms. The van der Waals surface area contributed by atoms with E-state index in [0.29, 0.717) is 6.42 Å². The van der Waals surface area contributed by atoms with E-state index in [1.54, 1.807) is 0 Å². The van der Waals surface area contributed by atoms with Gasteiger partial charge in [-0.15, -0.1) is 0 Å². The lowest BCUT2D eigenvalue weighted by atomic mass is 9.96. The summed E-state index contributed by atoms with van der Waals surface area (Å²) in [5.74, 6) is -2.76. The fraction of sp³-hybridized carbons (Fsp3) is 0.667. The molecule has 0 spiro atoms. The number of nitrogens with zero attached hydrogens (tertiary/aromatic N) is 3. The Kier molecular flexibility index (Phi) is 6.36. The summed E-state index contributed by atoms with van der Waals surface area (Å²) in [4.78, 5) is 10.9. The van der Waals surface area contributed by atoms with E-state index in [1.807, 2.05) is 10.6 Å². The minimum absolute atomic E-state index is 0.0649. The van der Waals surface area contributed by atoms with Crippen LogP contribution in [0.2, 0.25) is 0 Å². The minimum Gasteiger partial charge on any atom is -0.386 e. The van der Waals surface area contributed by atoms with Crippen molar-refractivity contribution in [1.82, 2.24) is 15.0 Å². The van der Waals surface area contributed by atoms with Crippen LogP contribution in [-0.4, -0.2) is 50.6 Å². The van der Waals surface area contributed by atoms with Crippen molar-refractivity contribution in [2.45, 2.75) is 63.7 Å². The molecule has 1 aromatic rings. The summed E-state index contributed by atoms with van der Waals surface area (Å²) >= 11 is 0. The van der Waals surface area contributed by atoms with Crippen molar-refractivity contribution >= 4 is 17.5 Å². The molecular formula is C15H18F7N5O. The lowest BCUT2D eigenvalue weighted by Crippen LogP contribution is -2.35. The third kappa shape index (κ3) is 5.42. The van der Waals surface area contributed by atoms with Crippen LogP contribution in [0.5, 0.6) is 0 Å². The van der Waals surface area contributed by atoms with Crippen molar-refractivity contribution in [3.05, 3.63) is 11.7 Å². The quantitative estimate of drug-likeness (QED) is 0.632. The van der Waals surface area contributed by atoms with Crippen LogP contribution >= 0.6 is 0 Å². The molecule has 2 unspecified atom stereocenters. The number of aromatic nitrogens is 3. The topological polar surface area (TPSA) is 83.0 Å². The molecule has 1 aliphatic carbocycles. The normalized spacial score (nSPS) is 20.7. The van der Waals surface area contributed by atoms with Gasteiger partial charge in [-0.05, 0) is 33.1 Å². The van der Waals surface area contributed by atoms with Crippen molar-refractivity contribution in [3.63, 3.8) is 0 Å². The molecule has 0 aliphatic heterocycles. The van der Waals surface area contributed by atoms with Crippen LogP contribution in [0.1, 0.15) is 38.9 Å². The molecule has 28 heavy (non-hydrogen) atoms. The first-order chi connectivity index (χ1) is 12.8.